The van der Waals surface area contributed by atoms with Gasteiger partial charge in [0.2, 0.25) is 6.43 Å². The standard InChI is InChI=1S/C13H15F2NO/c14-13(15)9-11(10-16)5-4-8-17-12-6-2-1-3-7-12/h1-3,6-7,11,13H,4-5,8-9H2/t11-/m1/s1. The van der Waals surface area contributed by atoms with Gasteiger partial charge in [-0.2, -0.15) is 5.26 Å². The molecule has 0 aliphatic carbocycles. The van der Waals surface area contributed by atoms with Crippen LogP contribution >= 0.6 is 0 Å². The second kappa shape index (κ2) is 7.61. The molecule has 1 aromatic rings. The van der Waals surface area contributed by atoms with Crippen molar-refractivity contribution in [3.8, 4) is 11.8 Å². The first kappa shape index (κ1) is 13.4. The number of halogens is 2. The molecule has 0 heterocycles. The molecule has 0 aliphatic heterocycles. The van der Waals surface area contributed by atoms with Crippen molar-refractivity contribution < 1.29 is 13.5 Å². The van der Waals surface area contributed by atoms with E-state index < -0.39 is 12.3 Å². The average molecular weight is 239 g/mol. The molecule has 1 rings (SSSR count). The zero-order chi connectivity index (χ0) is 12.5. The number of rotatable bonds is 7. The van der Waals surface area contributed by atoms with Crippen molar-refractivity contribution in [2.75, 3.05) is 6.61 Å². The maximum Gasteiger partial charge on any atom is 0.239 e. The molecule has 2 nitrogen and oxygen atoms in total. The topological polar surface area (TPSA) is 33.0 Å². The van der Waals surface area contributed by atoms with Crippen LogP contribution in [0.5, 0.6) is 5.75 Å². The lowest BCUT2D eigenvalue weighted by Crippen LogP contribution is -2.06. The molecule has 1 atom stereocenters. The molecule has 4 heteroatoms. The van der Waals surface area contributed by atoms with Gasteiger partial charge in [0.25, 0.3) is 0 Å². The second-order valence-electron chi connectivity index (χ2n) is 3.76. The molecule has 0 spiro atoms. The lowest BCUT2D eigenvalue weighted by Gasteiger charge is -2.09. The Labute approximate surface area is 99.8 Å². The van der Waals surface area contributed by atoms with Crippen molar-refractivity contribution in [3.05, 3.63) is 30.3 Å². The van der Waals surface area contributed by atoms with Crippen LogP contribution in [0.15, 0.2) is 30.3 Å². The van der Waals surface area contributed by atoms with Gasteiger partial charge in [-0.1, -0.05) is 18.2 Å². The monoisotopic (exact) mass is 239 g/mol. The van der Waals surface area contributed by atoms with E-state index in [9.17, 15) is 8.78 Å². The fraction of sp³-hybridized carbons (Fsp3) is 0.462. The summed E-state index contributed by atoms with van der Waals surface area (Å²) in [5.74, 6) is 0.184. The molecule has 0 radical (unpaired) electrons. The maximum absolute atomic E-state index is 12.1. The molecule has 0 unspecified atom stereocenters. The smallest absolute Gasteiger partial charge is 0.239 e. The molecule has 0 bridgehead atoms. The summed E-state index contributed by atoms with van der Waals surface area (Å²) in [6.07, 6.45) is -1.69. The van der Waals surface area contributed by atoms with Gasteiger partial charge in [0.15, 0.2) is 0 Å². The Balaban J connectivity index is 2.17. The molecule has 0 N–H and O–H groups in total. The van der Waals surface area contributed by atoms with Gasteiger partial charge in [0.1, 0.15) is 5.75 Å². The van der Waals surface area contributed by atoms with Crippen LogP contribution in [0.1, 0.15) is 19.3 Å². The highest BCUT2D eigenvalue weighted by Crippen LogP contribution is 2.16. The van der Waals surface area contributed by atoms with Crippen LogP contribution in [-0.2, 0) is 0 Å². The van der Waals surface area contributed by atoms with Crippen LogP contribution in [0.4, 0.5) is 8.78 Å². The fourth-order valence-corrected chi connectivity index (χ4v) is 1.49. The van der Waals surface area contributed by atoms with E-state index in [4.69, 9.17) is 10.00 Å². The molecule has 0 aliphatic rings. The number of nitriles is 1. The molecule has 0 saturated carbocycles. The Kier molecular flexibility index (Phi) is 6.02. The summed E-state index contributed by atoms with van der Waals surface area (Å²) < 4.78 is 29.5. The van der Waals surface area contributed by atoms with Gasteiger partial charge in [-0.3, -0.25) is 0 Å². The lowest BCUT2D eigenvalue weighted by molar-refractivity contribution is 0.121. The zero-order valence-corrected chi connectivity index (χ0v) is 9.48. The van der Waals surface area contributed by atoms with Gasteiger partial charge in [-0.05, 0) is 25.0 Å². The predicted molar refractivity (Wildman–Crippen MR) is 60.9 cm³/mol. The van der Waals surface area contributed by atoms with Gasteiger partial charge in [0.05, 0.1) is 18.6 Å². The van der Waals surface area contributed by atoms with Crippen molar-refractivity contribution in [1.82, 2.24) is 0 Å². The minimum Gasteiger partial charge on any atom is -0.494 e. The van der Waals surface area contributed by atoms with E-state index in [0.717, 1.165) is 5.75 Å². The third-order valence-corrected chi connectivity index (χ3v) is 2.35. The molecule has 17 heavy (non-hydrogen) atoms. The Bertz CT molecular complexity index is 348. The summed E-state index contributed by atoms with van der Waals surface area (Å²) in [4.78, 5) is 0. The summed E-state index contributed by atoms with van der Waals surface area (Å²) in [5, 5.41) is 8.67. The van der Waals surface area contributed by atoms with Crippen molar-refractivity contribution in [2.24, 2.45) is 5.92 Å². The highest BCUT2D eigenvalue weighted by molar-refractivity contribution is 5.20. The van der Waals surface area contributed by atoms with Crippen molar-refractivity contribution in [2.45, 2.75) is 25.7 Å². The van der Waals surface area contributed by atoms with Crippen LogP contribution in [-0.4, -0.2) is 13.0 Å². The first-order valence-electron chi connectivity index (χ1n) is 5.58. The van der Waals surface area contributed by atoms with E-state index in [-0.39, 0.29) is 6.42 Å². The van der Waals surface area contributed by atoms with E-state index >= 15 is 0 Å². The molecule has 0 saturated heterocycles. The number of hydrogen-bond donors (Lipinski definition) is 0. The van der Waals surface area contributed by atoms with Crippen LogP contribution < -0.4 is 4.74 Å². The first-order valence-corrected chi connectivity index (χ1v) is 5.58. The van der Waals surface area contributed by atoms with Gasteiger partial charge >= 0.3 is 0 Å². The van der Waals surface area contributed by atoms with Gasteiger partial charge < -0.3 is 4.74 Å². The summed E-state index contributed by atoms with van der Waals surface area (Å²) >= 11 is 0. The molecular formula is C13H15F2NO. The van der Waals surface area contributed by atoms with E-state index in [1.807, 2.05) is 36.4 Å². The second-order valence-corrected chi connectivity index (χ2v) is 3.76. The van der Waals surface area contributed by atoms with Crippen molar-refractivity contribution in [3.63, 3.8) is 0 Å². The third-order valence-electron chi connectivity index (χ3n) is 2.35. The normalized spacial score (nSPS) is 12.1. The summed E-state index contributed by atoms with van der Waals surface area (Å²) in [5.41, 5.74) is 0. The summed E-state index contributed by atoms with van der Waals surface area (Å²) in [6, 6.07) is 11.2. The van der Waals surface area contributed by atoms with E-state index in [0.29, 0.717) is 19.4 Å². The number of nitrogens with zero attached hydrogens (tertiary/aromatic N) is 1. The Morgan fingerprint density at radius 2 is 1.94 bits per heavy atom. The van der Waals surface area contributed by atoms with Crippen molar-refractivity contribution >= 4 is 0 Å². The minimum atomic E-state index is -2.41. The molecule has 0 aromatic heterocycles. The van der Waals surface area contributed by atoms with E-state index in [1.165, 1.54) is 0 Å². The van der Waals surface area contributed by atoms with Gasteiger partial charge in [-0.25, -0.2) is 8.78 Å². The summed E-state index contributed by atoms with van der Waals surface area (Å²) in [6.45, 7) is 0.450. The van der Waals surface area contributed by atoms with Gasteiger partial charge in [0, 0.05) is 6.42 Å². The molecular weight excluding hydrogens is 224 g/mol. The van der Waals surface area contributed by atoms with E-state index in [1.54, 1.807) is 0 Å². The van der Waals surface area contributed by atoms with Crippen LogP contribution in [0.25, 0.3) is 0 Å². The fourth-order valence-electron chi connectivity index (χ4n) is 1.49. The lowest BCUT2D eigenvalue weighted by atomic mass is 10.0. The third kappa shape index (κ3) is 5.86. The predicted octanol–water partition coefficient (Wildman–Crippen LogP) is 3.64. The largest absolute Gasteiger partial charge is 0.494 e. The number of hydrogen-bond acceptors (Lipinski definition) is 2. The molecule has 0 amide bonds. The van der Waals surface area contributed by atoms with Crippen LogP contribution in [0, 0.1) is 17.2 Å². The molecule has 1 aromatic carbocycles. The number of alkyl halides is 2. The Morgan fingerprint density at radius 3 is 2.53 bits per heavy atom. The van der Waals surface area contributed by atoms with E-state index in [2.05, 4.69) is 0 Å². The van der Waals surface area contributed by atoms with Crippen molar-refractivity contribution in [1.29, 1.82) is 5.26 Å². The van der Waals surface area contributed by atoms with Gasteiger partial charge in [-0.15, -0.1) is 0 Å². The molecule has 0 fully saturated rings. The molecule has 92 valence electrons. The quantitative estimate of drug-likeness (QED) is 0.680. The van der Waals surface area contributed by atoms with Crippen LogP contribution in [0.2, 0.25) is 0 Å². The zero-order valence-electron chi connectivity index (χ0n) is 9.48. The minimum absolute atomic E-state index is 0.345. The van der Waals surface area contributed by atoms with Crippen LogP contribution in [0.3, 0.4) is 0 Å². The number of ether oxygens (including phenoxy) is 1. The SMILES string of the molecule is N#C[C@H](CCCOc1ccccc1)CC(F)F. The average Bonchev–Trinajstić information content (AvgIpc) is 2.34. The summed E-state index contributed by atoms with van der Waals surface area (Å²) in [7, 11) is 0. The Morgan fingerprint density at radius 1 is 1.24 bits per heavy atom. The number of benzene rings is 1. The Hall–Kier alpha value is -1.63. The maximum atomic E-state index is 12.1. The first-order chi connectivity index (χ1) is 8.22. The number of para-hydroxylation sites is 1. The highest BCUT2D eigenvalue weighted by Gasteiger charge is 2.13. The highest BCUT2D eigenvalue weighted by atomic mass is 19.3.